The van der Waals surface area contributed by atoms with Gasteiger partial charge in [0.05, 0.1) is 11.3 Å². The van der Waals surface area contributed by atoms with Crippen LogP contribution < -0.4 is 0 Å². The molecule has 0 aliphatic rings. The summed E-state index contributed by atoms with van der Waals surface area (Å²) in [6, 6.07) is 10.6. The maximum absolute atomic E-state index is 12.8. The zero-order chi connectivity index (χ0) is 20.0. The van der Waals surface area contributed by atoms with Crippen LogP contribution in [-0.2, 0) is 19.4 Å². The van der Waals surface area contributed by atoms with E-state index in [-0.39, 0.29) is 4.90 Å². The Morgan fingerprint density at radius 2 is 1.67 bits per heavy atom. The van der Waals surface area contributed by atoms with Crippen LogP contribution in [0.3, 0.4) is 0 Å². The lowest BCUT2D eigenvalue weighted by Gasteiger charge is -2.00. The van der Waals surface area contributed by atoms with Gasteiger partial charge in [-0.25, -0.2) is 12.8 Å². The Morgan fingerprint density at radius 3 is 2.22 bits per heavy atom. The minimum Gasteiger partial charge on any atom is -0.360 e. The number of sulfone groups is 1. The average molecular weight is 384 g/mol. The van der Waals surface area contributed by atoms with E-state index in [0.717, 1.165) is 17.7 Å². The number of carbonyl (C=O) groups excluding carboxylic acids is 2. The number of halogens is 1. The molecular weight excluding hydrogens is 371 g/mol. The van der Waals surface area contributed by atoms with Crippen LogP contribution in [0.5, 0.6) is 0 Å². The molecule has 136 valence electrons. The van der Waals surface area contributed by atoms with Crippen LogP contribution in [0.15, 0.2) is 53.4 Å². The van der Waals surface area contributed by atoms with Crippen molar-refractivity contribution in [1.82, 2.24) is 0 Å². The first-order valence-corrected chi connectivity index (χ1v) is 9.10. The summed E-state index contributed by atoms with van der Waals surface area (Å²) in [5, 5.41) is -1.14. The third-order valence-corrected chi connectivity index (χ3v) is 5.14. The number of benzene rings is 2. The molecule has 0 aliphatic heterocycles. The third-order valence-electron chi connectivity index (χ3n) is 3.43. The van der Waals surface area contributed by atoms with E-state index in [9.17, 15) is 22.4 Å². The standard InChI is InChI=1S/C19H13FN2O4S/c1-13-2-10-17(11-3-13)27(25,26)19(22-21)18(24)12-16(23)9-6-14-4-7-15(20)8-5-14/h2-5,7-8,10-11H,12H2,1H3. The zero-order valence-corrected chi connectivity index (χ0v) is 15.0. The van der Waals surface area contributed by atoms with Gasteiger partial charge < -0.3 is 5.53 Å². The molecule has 2 aromatic rings. The van der Waals surface area contributed by atoms with Gasteiger partial charge in [0.25, 0.3) is 15.6 Å². The Morgan fingerprint density at radius 1 is 1.07 bits per heavy atom. The molecule has 0 spiro atoms. The fourth-order valence-corrected chi connectivity index (χ4v) is 3.23. The molecule has 0 saturated carbocycles. The number of Topliss-reactive ketones (excluding diaryl/α,β-unsaturated/α-hetero) is 2. The highest BCUT2D eigenvalue weighted by Gasteiger charge is 2.37. The second kappa shape index (κ2) is 8.32. The Labute approximate surface area is 155 Å². The van der Waals surface area contributed by atoms with Gasteiger partial charge in [0.2, 0.25) is 5.78 Å². The van der Waals surface area contributed by atoms with Gasteiger partial charge in [0.1, 0.15) is 5.82 Å². The molecule has 27 heavy (non-hydrogen) atoms. The molecule has 2 aromatic carbocycles. The van der Waals surface area contributed by atoms with Gasteiger partial charge in [-0.3, -0.25) is 9.59 Å². The van der Waals surface area contributed by atoms with Crippen molar-refractivity contribution in [3.63, 3.8) is 0 Å². The normalized spacial score (nSPS) is 10.3. The summed E-state index contributed by atoms with van der Waals surface area (Å²) >= 11 is 0. The summed E-state index contributed by atoms with van der Waals surface area (Å²) in [6.07, 6.45) is -0.876. The van der Waals surface area contributed by atoms with Crippen LogP contribution in [0.4, 0.5) is 4.39 Å². The van der Waals surface area contributed by atoms with Gasteiger partial charge in [-0.15, -0.1) is 4.79 Å². The smallest absolute Gasteiger partial charge is 0.360 e. The van der Waals surface area contributed by atoms with Crippen molar-refractivity contribution in [2.45, 2.75) is 18.2 Å². The zero-order valence-electron chi connectivity index (χ0n) is 14.1. The van der Waals surface area contributed by atoms with Crippen molar-refractivity contribution in [2.75, 3.05) is 0 Å². The molecular formula is C19H13FN2O4S. The van der Waals surface area contributed by atoms with Crippen molar-refractivity contribution in [3.8, 4) is 11.8 Å². The number of nitrogens with zero attached hydrogens (tertiary/aromatic N) is 2. The Bertz CT molecular complexity index is 1100. The molecule has 2 rings (SSSR count). The molecule has 8 heteroatoms. The van der Waals surface area contributed by atoms with Crippen LogP contribution in [0.2, 0.25) is 0 Å². The van der Waals surface area contributed by atoms with E-state index in [1.807, 2.05) is 0 Å². The maximum Gasteiger partial charge on any atom is 0.452 e. The second-order valence-electron chi connectivity index (χ2n) is 5.50. The van der Waals surface area contributed by atoms with Gasteiger partial charge >= 0.3 is 5.04 Å². The molecule has 0 saturated heterocycles. The van der Waals surface area contributed by atoms with Crippen molar-refractivity contribution in [1.29, 1.82) is 0 Å². The van der Waals surface area contributed by atoms with Crippen LogP contribution in [0, 0.1) is 24.6 Å². The summed E-state index contributed by atoms with van der Waals surface area (Å²) in [4.78, 5) is 26.3. The Kier molecular flexibility index (Phi) is 6.14. The van der Waals surface area contributed by atoms with E-state index in [1.165, 1.54) is 36.4 Å². The molecule has 0 atom stereocenters. The van der Waals surface area contributed by atoms with Gasteiger partial charge in [-0.05, 0) is 49.2 Å². The Balaban J connectivity index is 2.18. The first-order chi connectivity index (χ1) is 12.7. The summed E-state index contributed by atoms with van der Waals surface area (Å²) < 4.78 is 37.6. The molecule has 0 heterocycles. The van der Waals surface area contributed by atoms with Crippen molar-refractivity contribution in [2.24, 2.45) is 0 Å². The summed E-state index contributed by atoms with van der Waals surface area (Å²) in [5.41, 5.74) is 10.1. The SMILES string of the molecule is Cc1ccc(S(=O)(=O)C(=[N+]=[N-])C(=O)CC(=O)C#Cc2ccc(F)cc2)cc1. The quantitative estimate of drug-likeness (QED) is 0.201. The lowest BCUT2D eigenvalue weighted by Crippen LogP contribution is -2.27. The number of carbonyl (C=O) groups is 2. The van der Waals surface area contributed by atoms with E-state index in [0.29, 0.717) is 5.56 Å². The lowest BCUT2D eigenvalue weighted by molar-refractivity contribution is -0.122. The monoisotopic (exact) mass is 384 g/mol. The maximum atomic E-state index is 12.8. The summed E-state index contributed by atoms with van der Waals surface area (Å²) in [6.45, 7) is 1.75. The highest BCUT2D eigenvalue weighted by molar-refractivity contribution is 8.08. The van der Waals surface area contributed by atoms with Crippen molar-refractivity contribution >= 4 is 26.4 Å². The first-order valence-electron chi connectivity index (χ1n) is 7.61. The summed E-state index contributed by atoms with van der Waals surface area (Å²) in [7, 11) is -4.38. The van der Waals surface area contributed by atoms with E-state index in [2.05, 4.69) is 16.6 Å². The van der Waals surface area contributed by atoms with Crippen molar-refractivity contribution in [3.05, 3.63) is 71.0 Å². The van der Waals surface area contributed by atoms with Crippen LogP contribution in [0.25, 0.3) is 5.53 Å². The number of ketones is 2. The first kappa shape index (κ1) is 19.9. The number of hydrogen-bond donors (Lipinski definition) is 0. The summed E-state index contributed by atoms with van der Waals surface area (Å²) in [5.74, 6) is 2.08. The minimum absolute atomic E-state index is 0.237. The molecule has 0 radical (unpaired) electrons. The minimum atomic E-state index is -4.38. The molecule has 0 amide bonds. The molecule has 0 aromatic heterocycles. The van der Waals surface area contributed by atoms with Gasteiger partial charge in [-0.1, -0.05) is 23.6 Å². The van der Waals surface area contributed by atoms with Crippen LogP contribution in [0.1, 0.15) is 17.5 Å². The van der Waals surface area contributed by atoms with Crippen LogP contribution >= 0.6 is 0 Å². The highest BCUT2D eigenvalue weighted by Crippen LogP contribution is 2.14. The third kappa shape index (κ3) is 5.05. The Hall–Kier alpha value is -3.40. The number of aryl methyl sites for hydroxylation is 1. The van der Waals surface area contributed by atoms with E-state index >= 15 is 0 Å². The molecule has 0 bridgehead atoms. The van der Waals surface area contributed by atoms with Crippen molar-refractivity contribution < 1.29 is 27.2 Å². The molecule has 0 N–H and O–H groups in total. The van der Waals surface area contributed by atoms with E-state index in [1.54, 1.807) is 6.92 Å². The van der Waals surface area contributed by atoms with Gasteiger partial charge in [0.15, 0.2) is 0 Å². The van der Waals surface area contributed by atoms with Crippen LogP contribution in [-0.4, -0.2) is 29.8 Å². The molecule has 0 aliphatic carbocycles. The fraction of sp³-hybridized carbons (Fsp3) is 0.105. The largest absolute Gasteiger partial charge is 0.452 e. The van der Waals surface area contributed by atoms with Gasteiger partial charge in [0, 0.05) is 5.56 Å². The lowest BCUT2D eigenvalue weighted by atomic mass is 10.2. The molecule has 0 unspecified atom stereocenters. The highest BCUT2D eigenvalue weighted by atomic mass is 32.2. The fourth-order valence-electron chi connectivity index (χ4n) is 2.03. The topological polar surface area (TPSA) is 105 Å². The molecule has 0 fully saturated rings. The van der Waals surface area contributed by atoms with E-state index in [4.69, 9.17) is 5.53 Å². The predicted octanol–water partition coefficient (Wildman–Crippen LogP) is 2.12. The molecule has 6 nitrogen and oxygen atoms in total. The number of rotatable bonds is 4. The number of hydrogen-bond acceptors (Lipinski definition) is 4. The second-order valence-corrected chi connectivity index (χ2v) is 7.37. The van der Waals surface area contributed by atoms with Gasteiger partial charge in [-0.2, -0.15) is 0 Å². The predicted molar refractivity (Wildman–Crippen MR) is 94.9 cm³/mol. The average Bonchev–Trinajstić information content (AvgIpc) is 2.62. The van der Waals surface area contributed by atoms with E-state index < -0.39 is 38.7 Å².